The monoisotopic (exact) mass is 270 g/mol. The van der Waals surface area contributed by atoms with Crippen LogP contribution in [0.5, 0.6) is 0 Å². The highest BCUT2D eigenvalue weighted by Crippen LogP contribution is 2.05. The minimum Gasteiger partial charge on any atom is -0.392 e. The van der Waals surface area contributed by atoms with Gasteiger partial charge in [-0.05, 0) is 32.3 Å². The fraction of sp³-hybridized carbons (Fsp3) is 0.875. The van der Waals surface area contributed by atoms with Crippen LogP contribution in [0.15, 0.2) is 0 Å². The van der Waals surface area contributed by atoms with E-state index in [0.29, 0.717) is 0 Å². The highest BCUT2D eigenvalue weighted by molar-refractivity contribution is 7.98. The van der Waals surface area contributed by atoms with E-state index in [-0.39, 0.29) is 11.0 Å². The molecule has 0 fully saturated rings. The summed E-state index contributed by atoms with van der Waals surface area (Å²) in [5, 5.41) is -0.816. The van der Waals surface area contributed by atoms with Crippen LogP contribution in [0.25, 0.3) is 0 Å². The van der Waals surface area contributed by atoms with E-state index >= 15 is 0 Å². The molecular formula is C8H18N2O2S3. The van der Waals surface area contributed by atoms with Gasteiger partial charge in [0.05, 0.1) is 4.99 Å². The Morgan fingerprint density at radius 3 is 2.47 bits per heavy atom. The normalized spacial score (nSPS) is 15.9. The van der Waals surface area contributed by atoms with Crippen molar-refractivity contribution in [2.45, 2.75) is 31.6 Å². The molecule has 0 aromatic heterocycles. The lowest BCUT2D eigenvalue weighted by molar-refractivity contribution is 0.554. The Bertz CT molecular complexity index is 303. The van der Waals surface area contributed by atoms with E-state index < -0.39 is 15.3 Å². The van der Waals surface area contributed by atoms with Crippen molar-refractivity contribution in [3.05, 3.63) is 0 Å². The van der Waals surface area contributed by atoms with Gasteiger partial charge in [0.2, 0.25) is 10.0 Å². The second-order valence-corrected chi connectivity index (χ2v) is 6.88. The predicted octanol–water partition coefficient (Wildman–Crippen LogP) is 0.722. The van der Waals surface area contributed by atoms with Crippen molar-refractivity contribution in [1.82, 2.24) is 4.72 Å². The van der Waals surface area contributed by atoms with Crippen molar-refractivity contribution in [3.8, 4) is 0 Å². The van der Waals surface area contributed by atoms with E-state index in [1.54, 1.807) is 11.8 Å². The van der Waals surface area contributed by atoms with E-state index in [9.17, 15) is 8.42 Å². The van der Waals surface area contributed by atoms with Gasteiger partial charge < -0.3 is 5.73 Å². The summed E-state index contributed by atoms with van der Waals surface area (Å²) in [5.41, 5.74) is 5.31. The quantitative estimate of drug-likeness (QED) is 0.667. The third-order valence-electron chi connectivity index (χ3n) is 1.99. The summed E-state index contributed by atoms with van der Waals surface area (Å²) in [4.78, 5) is -0.000401. The fourth-order valence-corrected chi connectivity index (χ4v) is 3.05. The van der Waals surface area contributed by atoms with Crippen molar-refractivity contribution in [2.24, 2.45) is 5.73 Å². The van der Waals surface area contributed by atoms with Crippen molar-refractivity contribution in [2.75, 3.05) is 12.0 Å². The summed E-state index contributed by atoms with van der Waals surface area (Å²) >= 11 is 6.35. The van der Waals surface area contributed by atoms with Crippen LogP contribution < -0.4 is 10.5 Å². The Morgan fingerprint density at radius 1 is 1.53 bits per heavy atom. The van der Waals surface area contributed by atoms with Gasteiger partial charge in [-0.25, -0.2) is 13.1 Å². The smallest absolute Gasteiger partial charge is 0.220 e. The lowest BCUT2D eigenvalue weighted by Gasteiger charge is -2.17. The molecule has 0 aliphatic carbocycles. The Hall–Kier alpha value is 0.150. The third-order valence-corrected chi connectivity index (χ3v) is 5.05. The second-order valence-electron chi connectivity index (χ2n) is 3.39. The molecule has 0 radical (unpaired) electrons. The number of sulfonamides is 1. The van der Waals surface area contributed by atoms with Gasteiger partial charge in [-0.2, -0.15) is 11.8 Å². The Labute approximate surface area is 101 Å². The molecule has 0 heterocycles. The first kappa shape index (κ1) is 15.2. The molecule has 0 rings (SSSR count). The van der Waals surface area contributed by atoms with Gasteiger partial charge in [0.1, 0.15) is 5.25 Å². The maximum absolute atomic E-state index is 11.7. The average Bonchev–Trinajstić information content (AvgIpc) is 2.12. The summed E-state index contributed by atoms with van der Waals surface area (Å²) in [5.74, 6) is 0.922. The molecule has 0 bridgehead atoms. The Kier molecular flexibility index (Phi) is 6.74. The largest absolute Gasteiger partial charge is 0.392 e. The standard InChI is InChI=1S/C8H18N2O2S3/c1-6(4-5-14-3)10-15(11,12)7(2)8(9)13/h6-7,10H,4-5H2,1-3H3,(H2,9,13). The number of nitrogens with two attached hydrogens (primary N) is 1. The fourth-order valence-electron chi connectivity index (χ4n) is 0.889. The molecule has 0 aliphatic heterocycles. The number of rotatable bonds is 7. The summed E-state index contributed by atoms with van der Waals surface area (Å²) < 4.78 is 25.9. The van der Waals surface area contributed by atoms with Gasteiger partial charge >= 0.3 is 0 Å². The second kappa shape index (κ2) is 6.67. The van der Waals surface area contributed by atoms with Gasteiger partial charge in [-0.3, -0.25) is 0 Å². The van der Waals surface area contributed by atoms with Crippen molar-refractivity contribution >= 4 is 39.0 Å². The van der Waals surface area contributed by atoms with Crippen molar-refractivity contribution < 1.29 is 8.42 Å². The molecule has 0 aromatic rings. The van der Waals surface area contributed by atoms with Crippen LogP contribution in [0.3, 0.4) is 0 Å². The van der Waals surface area contributed by atoms with Crippen LogP contribution in [0, 0.1) is 0 Å². The molecule has 0 saturated carbocycles. The molecule has 0 amide bonds. The maximum Gasteiger partial charge on any atom is 0.220 e. The molecule has 0 aliphatic rings. The average molecular weight is 270 g/mol. The van der Waals surface area contributed by atoms with Gasteiger partial charge in [0, 0.05) is 6.04 Å². The number of hydrogen-bond acceptors (Lipinski definition) is 4. The van der Waals surface area contributed by atoms with Crippen LogP contribution >= 0.6 is 24.0 Å². The van der Waals surface area contributed by atoms with Crippen LogP contribution in [0.2, 0.25) is 0 Å². The SMILES string of the molecule is CSCCC(C)NS(=O)(=O)C(C)C(N)=S. The summed E-state index contributed by atoms with van der Waals surface area (Å²) in [7, 11) is -3.41. The predicted molar refractivity (Wildman–Crippen MR) is 70.8 cm³/mol. The van der Waals surface area contributed by atoms with Crippen LogP contribution in [0.4, 0.5) is 0 Å². The molecule has 2 atom stereocenters. The van der Waals surface area contributed by atoms with E-state index in [1.807, 2.05) is 13.2 Å². The first-order chi connectivity index (χ1) is 6.81. The molecule has 0 saturated heterocycles. The summed E-state index contributed by atoms with van der Waals surface area (Å²) in [6.07, 6.45) is 2.78. The lowest BCUT2D eigenvalue weighted by atomic mass is 10.3. The zero-order chi connectivity index (χ0) is 12.1. The van der Waals surface area contributed by atoms with Crippen molar-refractivity contribution in [3.63, 3.8) is 0 Å². The zero-order valence-electron chi connectivity index (χ0n) is 9.19. The first-order valence-electron chi connectivity index (χ1n) is 4.60. The highest BCUT2D eigenvalue weighted by atomic mass is 32.2. The van der Waals surface area contributed by atoms with Crippen LogP contribution in [0.1, 0.15) is 20.3 Å². The molecule has 90 valence electrons. The first-order valence-corrected chi connectivity index (χ1v) is 7.95. The molecule has 7 heteroatoms. The van der Waals surface area contributed by atoms with Gasteiger partial charge in [-0.15, -0.1) is 0 Å². The molecule has 2 unspecified atom stereocenters. The number of thiocarbonyl (C=S) groups is 1. The zero-order valence-corrected chi connectivity index (χ0v) is 11.6. The summed E-state index contributed by atoms with van der Waals surface area (Å²) in [6.45, 7) is 3.33. The Balaban J connectivity index is 4.32. The van der Waals surface area contributed by atoms with Gasteiger partial charge in [0.15, 0.2) is 0 Å². The topological polar surface area (TPSA) is 72.2 Å². The molecule has 0 aromatic carbocycles. The molecule has 0 spiro atoms. The van der Waals surface area contributed by atoms with Crippen LogP contribution in [-0.2, 0) is 10.0 Å². The van der Waals surface area contributed by atoms with E-state index in [1.165, 1.54) is 6.92 Å². The highest BCUT2D eigenvalue weighted by Gasteiger charge is 2.24. The van der Waals surface area contributed by atoms with Crippen molar-refractivity contribution in [1.29, 1.82) is 0 Å². The van der Waals surface area contributed by atoms with Crippen LogP contribution in [-0.4, -0.2) is 36.7 Å². The molecule has 4 nitrogen and oxygen atoms in total. The lowest BCUT2D eigenvalue weighted by Crippen LogP contribution is -2.43. The minimum absolute atomic E-state index is 0.000401. The van der Waals surface area contributed by atoms with E-state index in [0.717, 1.165) is 12.2 Å². The number of thioether (sulfide) groups is 1. The summed E-state index contributed by atoms with van der Waals surface area (Å²) in [6, 6.07) is -0.0840. The number of hydrogen-bond donors (Lipinski definition) is 2. The van der Waals surface area contributed by atoms with Gasteiger partial charge in [0.25, 0.3) is 0 Å². The van der Waals surface area contributed by atoms with E-state index in [2.05, 4.69) is 16.9 Å². The Morgan fingerprint density at radius 2 is 2.07 bits per heavy atom. The maximum atomic E-state index is 11.7. The van der Waals surface area contributed by atoms with E-state index in [4.69, 9.17) is 5.73 Å². The minimum atomic E-state index is -3.41. The third kappa shape index (κ3) is 5.70. The molecule has 15 heavy (non-hydrogen) atoms. The molecule has 3 N–H and O–H groups in total. The van der Waals surface area contributed by atoms with Gasteiger partial charge in [-0.1, -0.05) is 12.2 Å². The molecular weight excluding hydrogens is 252 g/mol. The number of nitrogens with one attached hydrogen (secondary N) is 1.